The Balaban J connectivity index is 2.25. The van der Waals surface area contributed by atoms with Crippen LogP contribution in [0.2, 0.25) is 0 Å². The molecular weight excluding hydrogens is 242 g/mol. The first-order chi connectivity index (χ1) is 8.95. The number of nitrogens with one attached hydrogen (secondary N) is 1. The van der Waals surface area contributed by atoms with Gasteiger partial charge >= 0.3 is 0 Å². The number of hydrogen-bond donors (Lipinski definition) is 1. The Kier molecular flexibility index (Phi) is 3.59. The molecule has 0 aliphatic heterocycles. The zero-order valence-electron chi connectivity index (χ0n) is 12.2. The Morgan fingerprint density at radius 1 is 1.37 bits per heavy atom. The van der Waals surface area contributed by atoms with E-state index in [0.717, 1.165) is 22.7 Å². The fourth-order valence-corrected chi connectivity index (χ4v) is 2.22. The Bertz CT molecular complexity index is 610. The molecule has 1 N–H and O–H groups in total. The molecule has 0 aliphatic rings. The fraction of sp³-hybridized carbons (Fsp3) is 0.615. The molecule has 0 bridgehead atoms. The first-order valence-electron chi connectivity index (χ1n) is 6.61. The maximum Gasteiger partial charge on any atom is 0.219 e. The predicted molar refractivity (Wildman–Crippen MR) is 73.1 cm³/mol. The third-order valence-electron chi connectivity index (χ3n) is 3.54. The van der Waals surface area contributed by atoms with E-state index < -0.39 is 0 Å². The van der Waals surface area contributed by atoms with Crippen molar-refractivity contribution in [3.05, 3.63) is 17.1 Å². The number of fused-ring (bicyclic) bond motifs is 1. The van der Waals surface area contributed by atoms with Crippen molar-refractivity contribution in [2.45, 2.75) is 40.0 Å². The molecule has 0 saturated heterocycles. The fourth-order valence-electron chi connectivity index (χ4n) is 2.22. The second kappa shape index (κ2) is 5.03. The van der Waals surface area contributed by atoms with Gasteiger partial charge in [-0.05, 0) is 13.8 Å². The Morgan fingerprint density at radius 2 is 2.05 bits per heavy atom. The average Bonchev–Trinajstić information content (AvgIpc) is 2.85. The zero-order chi connectivity index (χ0) is 14.2. The molecule has 2 heterocycles. The third kappa shape index (κ3) is 2.34. The van der Waals surface area contributed by atoms with Crippen molar-refractivity contribution in [1.82, 2.24) is 24.7 Å². The number of aromatic nitrogens is 4. The van der Waals surface area contributed by atoms with E-state index in [1.807, 2.05) is 27.8 Å². The first kappa shape index (κ1) is 13.6. The Labute approximate surface area is 112 Å². The summed E-state index contributed by atoms with van der Waals surface area (Å²) in [4.78, 5) is 11.3. The van der Waals surface area contributed by atoms with Crippen LogP contribution in [-0.4, -0.2) is 31.8 Å². The zero-order valence-corrected chi connectivity index (χ0v) is 12.2. The average molecular weight is 263 g/mol. The molecule has 6 heteroatoms. The summed E-state index contributed by atoms with van der Waals surface area (Å²) in [7, 11) is 1.99. The molecule has 1 atom stereocenters. The molecule has 104 valence electrons. The maximum atomic E-state index is 11.3. The van der Waals surface area contributed by atoms with Crippen molar-refractivity contribution in [1.29, 1.82) is 0 Å². The molecular formula is C13H21N5O. The highest BCUT2D eigenvalue weighted by atomic mass is 16.1. The van der Waals surface area contributed by atoms with Crippen LogP contribution in [0.1, 0.15) is 43.3 Å². The van der Waals surface area contributed by atoms with Crippen molar-refractivity contribution in [2.24, 2.45) is 7.05 Å². The van der Waals surface area contributed by atoms with Crippen LogP contribution in [-0.2, 0) is 11.8 Å². The molecule has 2 rings (SSSR count). The molecule has 0 saturated carbocycles. The van der Waals surface area contributed by atoms with Crippen LogP contribution in [0, 0.1) is 13.8 Å². The van der Waals surface area contributed by atoms with Crippen LogP contribution < -0.4 is 5.32 Å². The summed E-state index contributed by atoms with van der Waals surface area (Å²) in [5, 5.41) is 11.8. The van der Waals surface area contributed by atoms with Crippen LogP contribution in [0.3, 0.4) is 0 Å². The summed E-state index contributed by atoms with van der Waals surface area (Å²) < 4.78 is 3.73. The van der Waals surface area contributed by atoms with Crippen molar-refractivity contribution in [3.63, 3.8) is 0 Å². The van der Waals surface area contributed by atoms with Gasteiger partial charge in [0.2, 0.25) is 5.91 Å². The van der Waals surface area contributed by atoms with Gasteiger partial charge in [-0.1, -0.05) is 13.8 Å². The summed E-state index contributed by atoms with van der Waals surface area (Å²) in [5.41, 5.74) is 3.16. The quantitative estimate of drug-likeness (QED) is 0.904. The number of rotatable bonds is 4. The molecule has 2 aromatic rings. The molecule has 1 unspecified atom stereocenters. The largest absolute Gasteiger partial charge is 0.355 e. The van der Waals surface area contributed by atoms with Gasteiger partial charge in [0.15, 0.2) is 5.65 Å². The molecule has 6 nitrogen and oxygen atoms in total. The second-order valence-corrected chi connectivity index (χ2v) is 5.00. The minimum Gasteiger partial charge on any atom is -0.355 e. The van der Waals surface area contributed by atoms with Crippen LogP contribution in [0.4, 0.5) is 0 Å². The topological polar surface area (TPSA) is 64.2 Å². The maximum absolute atomic E-state index is 11.3. The van der Waals surface area contributed by atoms with E-state index >= 15 is 0 Å². The standard InChI is InChI=1S/C13H21N5O/c1-6-11(19)14-7-8(2)12-16-18-13(17(12)5)9(3)10(4)15-18/h8H,6-7H2,1-5H3,(H,14,19). The summed E-state index contributed by atoms with van der Waals surface area (Å²) in [6.07, 6.45) is 0.509. The van der Waals surface area contributed by atoms with Gasteiger partial charge in [0.05, 0.1) is 5.69 Å². The van der Waals surface area contributed by atoms with E-state index in [9.17, 15) is 4.79 Å². The summed E-state index contributed by atoms with van der Waals surface area (Å²) in [6.45, 7) is 8.53. The van der Waals surface area contributed by atoms with Gasteiger partial charge in [-0.3, -0.25) is 4.79 Å². The monoisotopic (exact) mass is 263 g/mol. The summed E-state index contributed by atoms with van der Waals surface area (Å²) in [6, 6.07) is 0. The van der Waals surface area contributed by atoms with Crippen LogP contribution in [0.25, 0.3) is 5.65 Å². The summed E-state index contributed by atoms with van der Waals surface area (Å²) >= 11 is 0. The van der Waals surface area contributed by atoms with Crippen LogP contribution >= 0.6 is 0 Å². The number of amides is 1. The number of aryl methyl sites for hydroxylation is 3. The van der Waals surface area contributed by atoms with E-state index in [2.05, 4.69) is 27.0 Å². The van der Waals surface area contributed by atoms with E-state index in [-0.39, 0.29) is 11.8 Å². The van der Waals surface area contributed by atoms with Crippen LogP contribution in [0.15, 0.2) is 0 Å². The molecule has 2 aromatic heterocycles. The predicted octanol–water partition coefficient (Wildman–Crippen LogP) is 1.31. The molecule has 19 heavy (non-hydrogen) atoms. The van der Waals surface area contributed by atoms with E-state index in [4.69, 9.17) is 0 Å². The van der Waals surface area contributed by atoms with Gasteiger partial charge in [0.1, 0.15) is 5.82 Å². The third-order valence-corrected chi connectivity index (χ3v) is 3.54. The highest BCUT2D eigenvalue weighted by Gasteiger charge is 2.18. The van der Waals surface area contributed by atoms with Gasteiger partial charge < -0.3 is 9.88 Å². The van der Waals surface area contributed by atoms with Crippen molar-refractivity contribution in [2.75, 3.05) is 6.54 Å². The smallest absolute Gasteiger partial charge is 0.219 e. The number of nitrogens with zero attached hydrogens (tertiary/aromatic N) is 4. The molecule has 0 aromatic carbocycles. The Morgan fingerprint density at radius 3 is 2.63 bits per heavy atom. The van der Waals surface area contributed by atoms with Gasteiger partial charge in [-0.15, -0.1) is 9.73 Å². The summed E-state index contributed by atoms with van der Waals surface area (Å²) in [5.74, 6) is 1.15. The van der Waals surface area contributed by atoms with Crippen LogP contribution in [0.5, 0.6) is 0 Å². The minimum absolute atomic E-state index is 0.0675. The minimum atomic E-state index is 0.0675. The van der Waals surface area contributed by atoms with Gasteiger partial charge in [0, 0.05) is 31.5 Å². The lowest BCUT2D eigenvalue weighted by Crippen LogP contribution is -2.27. The van der Waals surface area contributed by atoms with Gasteiger partial charge in [-0.25, -0.2) is 0 Å². The van der Waals surface area contributed by atoms with Gasteiger partial charge in [-0.2, -0.15) is 5.10 Å². The lowest BCUT2D eigenvalue weighted by molar-refractivity contribution is -0.120. The first-order valence-corrected chi connectivity index (χ1v) is 6.61. The molecule has 1 amide bonds. The molecule has 0 aliphatic carbocycles. The van der Waals surface area contributed by atoms with Gasteiger partial charge in [0.25, 0.3) is 0 Å². The van der Waals surface area contributed by atoms with E-state index in [0.29, 0.717) is 13.0 Å². The van der Waals surface area contributed by atoms with E-state index in [1.165, 1.54) is 0 Å². The SMILES string of the molecule is CCC(=O)NCC(C)c1nn2nc(C)c(C)c2n1C. The number of carbonyl (C=O) groups excluding carboxylic acids is 1. The highest BCUT2D eigenvalue weighted by molar-refractivity contribution is 5.75. The molecule has 0 spiro atoms. The Hall–Kier alpha value is -1.85. The molecule has 0 radical (unpaired) electrons. The highest BCUT2D eigenvalue weighted by Crippen LogP contribution is 2.19. The van der Waals surface area contributed by atoms with Crippen molar-refractivity contribution in [3.8, 4) is 0 Å². The number of hydrogen-bond acceptors (Lipinski definition) is 3. The lowest BCUT2D eigenvalue weighted by atomic mass is 10.1. The van der Waals surface area contributed by atoms with Crippen molar-refractivity contribution < 1.29 is 4.79 Å². The lowest BCUT2D eigenvalue weighted by Gasteiger charge is -2.11. The van der Waals surface area contributed by atoms with Crippen molar-refractivity contribution >= 4 is 11.6 Å². The van der Waals surface area contributed by atoms with E-state index in [1.54, 1.807) is 4.63 Å². The normalized spacial score (nSPS) is 12.9. The second-order valence-electron chi connectivity index (χ2n) is 5.00. The molecule has 0 fully saturated rings. The number of carbonyl (C=O) groups is 1.